The Morgan fingerprint density at radius 2 is 1.53 bits per heavy atom. The molecule has 17 heavy (non-hydrogen) atoms. The Morgan fingerprint density at radius 3 is 2.06 bits per heavy atom. The van der Waals surface area contributed by atoms with Crippen molar-refractivity contribution < 1.29 is 5.11 Å². The van der Waals surface area contributed by atoms with E-state index in [0.717, 1.165) is 0 Å². The van der Waals surface area contributed by atoms with Crippen molar-refractivity contribution in [2.45, 2.75) is 49.5 Å². The average molecular weight is 228 g/mol. The van der Waals surface area contributed by atoms with Crippen LogP contribution < -0.4 is 0 Å². The molecule has 2 unspecified atom stereocenters. The lowest BCUT2D eigenvalue weighted by Gasteiger charge is -2.24. The number of hydrogen-bond donors (Lipinski definition) is 1. The molecule has 0 aromatic heterocycles. The number of benzene rings is 1. The number of rotatable bonds is 2. The van der Waals surface area contributed by atoms with E-state index in [1.165, 1.54) is 44.1 Å². The van der Waals surface area contributed by atoms with Crippen molar-refractivity contribution in [3.05, 3.63) is 35.9 Å². The Balaban J connectivity index is 1.71. The van der Waals surface area contributed by atoms with Crippen molar-refractivity contribution in [1.29, 1.82) is 0 Å². The fourth-order valence-electron chi connectivity index (χ4n) is 4.60. The molecule has 3 fully saturated rings. The fourth-order valence-corrected chi connectivity index (χ4v) is 4.60. The zero-order chi connectivity index (χ0) is 11.5. The van der Waals surface area contributed by atoms with Gasteiger partial charge in [0.15, 0.2) is 0 Å². The maximum Gasteiger partial charge on any atom is 0.0807 e. The monoisotopic (exact) mass is 228 g/mol. The van der Waals surface area contributed by atoms with Crippen LogP contribution in [-0.2, 0) is 5.41 Å². The summed E-state index contributed by atoms with van der Waals surface area (Å²) in [4.78, 5) is 0. The molecule has 1 heteroatoms. The highest BCUT2D eigenvalue weighted by Crippen LogP contribution is 2.73. The quantitative estimate of drug-likeness (QED) is 0.823. The van der Waals surface area contributed by atoms with Crippen molar-refractivity contribution >= 4 is 0 Å². The third-order valence-corrected chi connectivity index (χ3v) is 5.63. The van der Waals surface area contributed by atoms with Crippen LogP contribution in [0, 0.1) is 11.8 Å². The lowest BCUT2D eigenvalue weighted by Crippen LogP contribution is -2.31. The Kier molecular flexibility index (Phi) is 1.87. The molecule has 1 aromatic carbocycles. The van der Waals surface area contributed by atoms with E-state index in [0.29, 0.717) is 11.8 Å². The van der Waals surface area contributed by atoms with Crippen LogP contribution >= 0.6 is 0 Å². The van der Waals surface area contributed by atoms with Crippen molar-refractivity contribution in [2.24, 2.45) is 11.8 Å². The van der Waals surface area contributed by atoms with Gasteiger partial charge in [-0.3, -0.25) is 0 Å². The molecule has 3 saturated carbocycles. The van der Waals surface area contributed by atoms with Crippen molar-refractivity contribution in [2.75, 3.05) is 0 Å². The fraction of sp³-hybridized carbons (Fsp3) is 0.625. The normalized spacial score (nSPS) is 41.7. The van der Waals surface area contributed by atoms with E-state index >= 15 is 0 Å². The molecule has 0 aliphatic heterocycles. The Bertz CT molecular complexity index is 420. The minimum absolute atomic E-state index is 0.133. The molecule has 4 rings (SSSR count). The van der Waals surface area contributed by atoms with Crippen LogP contribution in [0.4, 0.5) is 0 Å². The van der Waals surface area contributed by atoms with Crippen LogP contribution in [0.1, 0.15) is 44.1 Å². The summed E-state index contributed by atoms with van der Waals surface area (Å²) in [5.41, 5.74) is 1.18. The summed E-state index contributed by atoms with van der Waals surface area (Å²) in [6.45, 7) is 0. The number of aliphatic hydroxyl groups is 1. The molecule has 3 aliphatic rings. The van der Waals surface area contributed by atoms with E-state index in [9.17, 15) is 5.11 Å². The summed E-state index contributed by atoms with van der Waals surface area (Å²) in [7, 11) is 0. The van der Waals surface area contributed by atoms with Gasteiger partial charge in [0.2, 0.25) is 0 Å². The van der Waals surface area contributed by atoms with Crippen LogP contribution in [-0.4, -0.2) is 10.7 Å². The van der Waals surface area contributed by atoms with Gasteiger partial charge in [-0.25, -0.2) is 0 Å². The van der Waals surface area contributed by atoms with E-state index in [1.54, 1.807) is 0 Å². The molecule has 0 amide bonds. The van der Waals surface area contributed by atoms with Gasteiger partial charge >= 0.3 is 0 Å². The highest BCUT2D eigenvalue weighted by molar-refractivity contribution is 5.42. The third-order valence-electron chi connectivity index (χ3n) is 5.63. The summed E-state index contributed by atoms with van der Waals surface area (Å²) in [6.07, 6.45) is 7.56. The van der Waals surface area contributed by atoms with Crippen LogP contribution in [0.2, 0.25) is 0 Å². The first-order valence-electron chi connectivity index (χ1n) is 7.07. The molecule has 2 atom stereocenters. The average Bonchev–Trinajstić information content (AvgIpc) is 3.28. The summed E-state index contributed by atoms with van der Waals surface area (Å²) >= 11 is 0. The molecular weight excluding hydrogens is 208 g/mol. The van der Waals surface area contributed by atoms with E-state index in [4.69, 9.17) is 0 Å². The molecule has 0 spiro atoms. The van der Waals surface area contributed by atoms with Crippen molar-refractivity contribution in [3.8, 4) is 0 Å². The predicted molar refractivity (Wildman–Crippen MR) is 67.8 cm³/mol. The second-order valence-electron chi connectivity index (χ2n) is 6.27. The van der Waals surface area contributed by atoms with E-state index in [-0.39, 0.29) is 11.0 Å². The largest absolute Gasteiger partial charge is 0.388 e. The minimum atomic E-state index is -0.342. The highest BCUT2D eigenvalue weighted by Gasteiger charge is 2.77. The summed E-state index contributed by atoms with van der Waals surface area (Å²) in [5.74, 6) is 1.22. The van der Waals surface area contributed by atoms with Gasteiger partial charge in [0.05, 0.1) is 5.60 Å². The van der Waals surface area contributed by atoms with Crippen LogP contribution in [0.25, 0.3) is 0 Å². The first-order chi connectivity index (χ1) is 8.29. The summed E-state index contributed by atoms with van der Waals surface area (Å²) in [6, 6.07) is 10.7. The molecule has 1 aromatic rings. The highest BCUT2D eigenvalue weighted by atomic mass is 16.3. The van der Waals surface area contributed by atoms with Crippen LogP contribution in [0.5, 0.6) is 0 Å². The van der Waals surface area contributed by atoms with Crippen molar-refractivity contribution in [1.82, 2.24) is 0 Å². The zero-order valence-electron chi connectivity index (χ0n) is 10.2. The molecule has 0 radical (unpaired) electrons. The van der Waals surface area contributed by atoms with Gasteiger partial charge in [-0.2, -0.15) is 0 Å². The standard InChI is InChI=1S/C16H20O/c17-16(13-8-4-5-9-14(13)16)15(10-11-15)12-6-2-1-3-7-12/h1-3,6-7,13-14,17H,4-5,8-11H2. The Morgan fingerprint density at radius 1 is 0.941 bits per heavy atom. The molecular formula is C16H20O. The van der Waals surface area contributed by atoms with Gasteiger partial charge in [0.25, 0.3) is 0 Å². The van der Waals surface area contributed by atoms with E-state index in [1.807, 2.05) is 0 Å². The Hall–Kier alpha value is -0.820. The third kappa shape index (κ3) is 1.14. The molecule has 0 heterocycles. The second-order valence-corrected chi connectivity index (χ2v) is 6.27. The smallest absolute Gasteiger partial charge is 0.0807 e. The van der Waals surface area contributed by atoms with Gasteiger partial charge < -0.3 is 5.11 Å². The molecule has 1 N–H and O–H groups in total. The maximum atomic E-state index is 11.1. The van der Waals surface area contributed by atoms with E-state index in [2.05, 4.69) is 30.3 Å². The zero-order valence-corrected chi connectivity index (χ0v) is 10.2. The minimum Gasteiger partial charge on any atom is -0.388 e. The maximum absolute atomic E-state index is 11.1. The SMILES string of the molecule is OC1(C2(c3ccccc3)CC2)C2CCCCC21. The van der Waals surface area contributed by atoms with Gasteiger partial charge in [-0.05, 0) is 43.1 Å². The summed E-state index contributed by atoms with van der Waals surface area (Å²) < 4.78 is 0. The second kappa shape index (κ2) is 3.14. The molecule has 1 nitrogen and oxygen atoms in total. The van der Waals surface area contributed by atoms with Gasteiger partial charge in [0, 0.05) is 5.41 Å². The van der Waals surface area contributed by atoms with Crippen LogP contribution in [0.3, 0.4) is 0 Å². The number of fused-ring (bicyclic) bond motifs is 1. The number of hydrogen-bond acceptors (Lipinski definition) is 1. The van der Waals surface area contributed by atoms with Gasteiger partial charge in [0.1, 0.15) is 0 Å². The molecule has 0 saturated heterocycles. The predicted octanol–water partition coefficient (Wildman–Crippen LogP) is 3.27. The van der Waals surface area contributed by atoms with Crippen molar-refractivity contribution in [3.63, 3.8) is 0 Å². The van der Waals surface area contributed by atoms with E-state index < -0.39 is 0 Å². The lowest BCUT2D eigenvalue weighted by molar-refractivity contribution is 0.0751. The molecule has 3 aliphatic carbocycles. The van der Waals surface area contributed by atoms with Crippen LogP contribution in [0.15, 0.2) is 30.3 Å². The topological polar surface area (TPSA) is 20.2 Å². The summed E-state index contributed by atoms with van der Waals surface area (Å²) in [5, 5.41) is 11.1. The lowest BCUT2D eigenvalue weighted by atomic mass is 9.85. The van der Waals surface area contributed by atoms with Gasteiger partial charge in [-0.15, -0.1) is 0 Å². The first kappa shape index (κ1) is 10.1. The molecule has 90 valence electrons. The van der Waals surface area contributed by atoms with Gasteiger partial charge in [-0.1, -0.05) is 43.2 Å². The first-order valence-corrected chi connectivity index (χ1v) is 7.07. The Labute approximate surface area is 103 Å². The molecule has 0 bridgehead atoms.